The molecule has 5 heteroatoms. The van der Waals surface area contributed by atoms with E-state index in [1.54, 1.807) is 0 Å². The second-order valence-electron chi connectivity index (χ2n) is 5.61. The number of fused-ring (bicyclic) bond motifs is 1. The molecule has 1 aliphatic rings. The Balaban J connectivity index is 1.90. The van der Waals surface area contributed by atoms with Gasteiger partial charge in [0.15, 0.2) is 10.4 Å². The van der Waals surface area contributed by atoms with Gasteiger partial charge in [0.05, 0.1) is 5.52 Å². The van der Waals surface area contributed by atoms with Crippen molar-refractivity contribution >= 4 is 23.4 Å². The van der Waals surface area contributed by atoms with E-state index in [0.29, 0.717) is 5.92 Å². The number of rotatable bonds is 2. The first kappa shape index (κ1) is 12.8. The number of pyridine rings is 1. The summed E-state index contributed by atoms with van der Waals surface area (Å²) in [5.74, 6) is 0.712. The third-order valence-electron chi connectivity index (χ3n) is 4.04. The van der Waals surface area contributed by atoms with Gasteiger partial charge >= 0.3 is 0 Å². The summed E-state index contributed by atoms with van der Waals surface area (Å²) in [7, 11) is 2.19. The van der Waals surface area contributed by atoms with Crippen molar-refractivity contribution in [3.05, 3.63) is 22.6 Å². The molecule has 1 saturated heterocycles. The zero-order chi connectivity index (χ0) is 13.4. The van der Waals surface area contributed by atoms with Gasteiger partial charge in [-0.15, -0.1) is 0 Å². The lowest BCUT2D eigenvalue weighted by molar-refractivity contribution is 0.205. The number of piperidine rings is 1. The fraction of sp³-hybridized carbons (Fsp3) is 0.571. The Hall–Kier alpha value is -1.20. The lowest BCUT2D eigenvalue weighted by atomic mass is 9.97. The Kier molecular flexibility index (Phi) is 3.41. The summed E-state index contributed by atoms with van der Waals surface area (Å²) in [5.41, 5.74) is 3.09. The van der Waals surface area contributed by atoms with Gasteiger partial charge in [-0.25, -0.2) is 4.98 Å². The molecule has 0 atom stereocenters. The summed E-state index contributed by atoms with van der Waals surface area (Å²) < 4.78 is 2.97. The van der Waals surface area contributed by atoms with Gasteiger partial charge in [0.25, 0.3) is 0 Å². The first-order chi connectivity index (χ1) is 9.13. The number of likely N-dealkylation sites (tertiary alicyclic amines) is 1. The standard InChI is InChI=1S/C14H20N4S/c1-10-3-4-12-13(15-10)18(14(19)16-12)9-11-5-7-17(2)8-6-11/h3-4,11H,5-9H2,1-2H3,(H,16,19). The van der Waals surface area contributed by atoms with Crippen LogP contribution in [0.1, 0.15) is 18.5 Å². The summed E-state index contributed by atoms with van der Waals surface area (Å²) >= 11 is 5.44. The van der Waals surface area contributed by atoms with Crippen LogP contribution in [0, 0.1) is 17.6 Å². The van der Waals surface area contributed by atoms with Gasteiger partial charge in [-0.3, -0.25) is 0 Å². The normalized spacial score (nSPS) is 18.2. The molecule has 3 heterocycles. The predicted octanol–water partition coefficient (Wildman–Crippen LogP) is 2.74. The van der Waals surface area contributed by atoms with Crippen LogP contribution in [0.3, 0.4) is 0 Å². The molecule has 3 rings (SSSR count). The van der Waals surface area contributed by atoms with Crippen LogP contribution in [0.4, 0.5) is 0 Å². The van der Waals surface area contributed by atoms with Crippen molar-refractivity contribution in [1.29, 1.82) is 0 Å². The smallest absolute Gasteiger partial charge is 0.179 e. The minimum absolute atomic E-state index is 0.712. The predicted molar refractivity (Wildman–Crippen MR) is 79.9 cm³/mol. The quantitative estimate of drug-likeness (QED) is 0.857. The third-order valence-corrected chi connectivity index (χ3v) is 4.36. The fourth-order valence-corrected chi connectivity index (χ4v) is 3.07. The summed E-state index contributed by atoms with van der Waals surface area (Å²) in [6.07, 6.45) is 2.49. The molecule has 0 saturated carbocycles. The van der Waals surface area contributed by atoms with Crippen LogP contribution in [0.5, 0.6) is 0 Å². The van der Waals surface area contributed by atoms with Crippen molar-refractivity contribution in [2.75, 3.05) is 20.1 Å². The number of aromatic nitrogens is 3. The maximum Gasteiger partial charge on any atom is 0.179 e. The number of aromatic amines is 1. The van der Waals surface area contributed by atoms with Crippen LogP contribution in [0.25, 0.3) is 11.2 Å². The minimum atomic E-state index is 0.712. The summed E-state index contributed by atoms with van der Waals surface area (Å²) in [5, 5.41) is 0. The van der Waals surface area contributed by atoms with E-state index in [1.807, 2.05) is 13.0 Å². The van der Waals surface area contributed by atoms with Crippen LogP contribution in [0.15, 0.2) is 12.1 Å². The first-order valence-corrected chi connectivity index (χ1v) is 7.29. The summed E-state index contributed by atoms with van der Waals surface area (Å²) in [6, 6.07) is 4.09. The molecule has 0 spiro atoms. The lowest BCUT2D eigenvalue weighted by Crippen LogP contribution is -2.31. The van der Waals surface area contributed by atoms with E-state index in [2.05, 4.69) is 32.5 Å². The Bertz CT molecular complexity index is 634. The highest BCUT2D eigenvalue weighted by Gasteiger charge is 2.18. The number of aryl methyl sites for hydroxylation is 1. The Morgan fingerprint density at radius 2 is 2.11 bits per heavy atom. The third kappa shape index (κ3) is 2.58. The Morgan fingerprint density at radius 3 is 2.84 bits per heavy atom. The average Bonchev–Trinajstić information content (AvgIpc) is 2.69. The lowest BCUT2D eigenvalue weighted by Gasteiger charge is -2.29. The van der Waals surface area contributed by atoms with Crippen molar-refractivity contribution in [2.45, 2.75) is 26.3 Å². The van der Waals surface area contributed by atoms with E-state index in [4.69, 9.17) is 12.2 Å². The highest BCUT2D eigenvalue weighted by molar-refractivity contribution is 7.71. The number of hydrogen-bond acceptors (Lipinski definition) is 3. The summed E-state index contributed by atoms with van der Waals surface area (Å²) in [6.45, 7) is 5.39. The number of H-pyrrole nitrogens is 1. The van der Waals surface area contributed by atoms with Crippen molar-refractivity contribution in [3.63, 3.8) is 0 Å². The van der Waals surface area contributed by atoms with Crippen LogP contribution >= 0.6 is 12.2 Å². The second kappa shape index (κ2) is 5.06. The summed E-state index contributed by atoms with van der Waals surface area (Å²) in [4.78, 5) is 10.3. The molecular formula is C14H20N4S. The first-order valence-electron chi connectivity index (χ1n) is 6.88. The molecule has 19 heavy (non-hydrogen) atoms. The van der Waals surface area contributed by atoms with E-state index in [-0.39, 0.29) is 0 Å². The number of nitrogens with one attached hydrogen (secondary N) is 1. The van der Waals surface area contributed by atoms with E-state index >= 15 is 0 Å². The van der Waals surface area contributed by atoms with Gasteiger partial charge in [0.1, 0.15) is 0 Å². The van der Waals surface area contributed by atoms with Gasteiger partial charge in [0.2, 0.25) is 0 Å². The largest absolute Gasteiger partial charge is 0.329 e. The minimum Gasteiger partial charge on any atom is -0.329 e. The zero-order valence-corrected chi connectivity index (χ0v) is 12.3. The van der Waals surface area contributed by atoms with Crippen LogP contribution < -0.4 is 0 Å². The van der Waals surface area contributed by atoms with Crippen molar-refractivity contribution in [2.24, 2.45) is 5.92 Å². The van der Waals surface area contributed by atoms with Crippen LogP contribution in [0.2, 0.25) is 0 Å². The molecule has 0 radical (unpaired) electrons. The highest BCUT2D eigenvalue weighted by atomic mass is 32.1. The zero-order valence-electron chi connectivity index (χ0n) is 11.5. The molecule has 102 valence electrons. The maximum atomic E-state index is 5.44. The van der Waals surface area contributed by atoms with Crippen molar-refractivity contribution in [1.82, 2.24) is 19.4 Å². The molecular weight excluding hydrogens is 256 g/mol. The maximum absolute atomic E-state index is 5.44. The molecule has 0 amide bonds. The molecule has 4 nitrogen and oxygen atoms in total. The fourth-order valence-electron chi connectivity index (χ4n) is 2.80. The van der Waals surface area contributed by atoms with Crippen molar-refractivity contribution in [3.8, 4) is 0 Å². The molecule has 0 aromatic carbocycles. The van der Waals surface area contributed by atoms with Gasteiger partial charge in [-0.2, -0.15) is 0 Å². The van der Waals surface area contributed by atoms with Crippen LogP contribution in [-0.4, -0.2) is 39.6 Å². The molecule has 0 aliphatic carbocycles. The monoisotopic (exact) mass is 276 g/mol. The van der Waals surface area contributed by atoms with Gasteiger partial charge < -0.3 is 14.5 Å². The number of nitrogens with zero attached hydrogens (tertiary/aromatic N) is 3. The van der Waals surface area contributed by atoms with E-state index in [9.17, 15) is 0 Å². The Labute approximate surface area is 118 Å². The van der Waals surface area contributed by atoms with Gasteiger partial charge in [-0.05, 0) is 70.2 Å². The average molecular weight is 276 g/mol. The number of imidazole rings is 1. The van der Waals surface area contributed by atoms with Crippen molar-refractivity contribution < 1.29 is 0 Å². The number of hydrogen-bond donors (Lipinski definition) is 1. The second-order valence-corrected chi connectivity index (χ2v) is 6.00. The molecule has 1 N–H and O–H groups in total. The highest BCUT2D eigenvalue weighted by Crippen LogP contribution is 2.21. The molecule has 1 aliphatic heterocycles. The molecule has 2 aromatic rings. The van der Waals surface area contributed by atoms with Crippen LogP contribution in [-0.2, 0) is 6.54 Å². The Morgan fingerprint density at radius 1 is 1.37 bits per heavy atom. The molecule has 2 aromatic heterocycles. The SMILES string of the molecule is Cc1ccc2[nH]c(=S)n(CC3CCN(C)CC3)c2n1. The topological polar surface area (TPSA) is 36.9 Å². The van der Waals surface area contributed by atoms with E-state index in [1.165, 1.54) is 25.9 Å². The van der Waals surface area contributed by atoms with Gasteiger partial charge in [0, 0.05) is 12.2 Å². The van der Waals surface area contributed by atoms with E-state index in [0.717, 1.165) is 28.2 Å². The van der Waals surface area contributed by atoms with Gasteiger partial charge in [-0.1, -0.05) is 0 Å². The molecule has 0 unspecified atom stereocenters. The molecule has 0 bridgehead atoms. The van der Waals surface area contributed by atoms with E-state index < -0.39 is 0 Å². The molecule has 1 fully saturated rings.